The van der Waals surface area contributed by atoms with Gasteiger partial charge >= 0.3 is 5.97 Å². The highest BCUT2D eigenvalue weighted by molar-refractivity contribution is 5.94. The molecular weight excluding hydrogens is 280 g/mol. The number of carbonyl (C=O) groups is 2. The van der Waals surface area contributed by atoms with Crippen LogP contribution in [0.2, 0.25) is 0 Å². The second-order valence-corrected chi connectivity index (χ2v) is 5.62. The van der Waals surface area contributed by atoms with Crippen LogP contribution in [0.15, 0.2) is 18.2 Å². The van der Waals surface area contributed by atoms with E-state index in [1.807, 2.05) is 0 Å². The Kier molecular flexibility index (Phi) is 4.25. The van der Waals surface area contributed by atoms with Crippen LogP contribution in [0.5, 0.6) is 0 Å². The summed E-state index contributed by atoms with van der Waals surface area (Å²) in [5, 5.41) is 12.0. The van der Waals surface area contributed by atoms with E-state index in [0.29, 0.717) is 12.8 Å². The molecular formula is C15H17F2NO3. The van der Waals surface area contributed by atoms with Gasteiger partial charge in [-0.3, -0.25) is 9.59 Å². The van der Waals surface area contributed by atoms with Crippen LogP contribution in [0.1, 0.15) is 43.0 Å². The summed E-state index contributed by atoms with van der Waals surface area (Å²) in [7, 11) is 0. The molecule has 114 valence electrons. The molecule has 6 heteroatoms. The SMILES string of the molecule is CC1(C(=O)O)CCCCC1NC(=O)c1ccc(F)c(F)c1. The van der Waals surface area contributed by atoms with Crippen molar-refractivity contribution in [3.63, 3.8) is 0 Å². The van der Waals surface area contributed by atoms with Gasteiger partial charge in [0.05, 0.1) is 5.41 Å². The van der Waals surface area contributed by atoms with Crippen LogP contribution in [-0.2, 0) is 4.79 Å². The highest BCUT2D eigenvalue weighted by atomic mass is 19.2. The van der Waals surface area contributed by atoms with Gasteiger partial charge in [0.15, 0.2) is 11.6 Å². The average molecular weight is 297 g/mol. The minimum Gasteiger partial charge on any atom is -0.481 e. The fraction of sp³-hybridized carbons (Fsp3) is 0.467. The number of nitrogens with one attached hydrogen (secondary N) is 1. The van der Waals surface area contributed by atoms with E-state index in [2.05, 4.69) is 5.32 Å². The van der Waals surface area contributed by atoms with Crippen molar-refractivity contribution in [1.82, 2.24) is 5.32 Å². The standard InChI is InChI=1S/C15H17F2NO3/c1-15(14(20)21)7-3-2-4-12(15)18-13(19)9-5-6-10(16)11(17)8-9/h5-6,8,12H,2-4,7H2,1H3,(H,18,19)(H,20,21). The summed E-state index contributed by atoms with van der Waals surface area (Å²) in [6.07, 6.45) is 2.65. The highest BCUT2D eigenvalue weighted by Gasteiger charge is 2.43. The second-order valence-electron chi connectivity index (χ2n) is 5.62. The molecule has 21 heavy (non-hydrogen) atoms. The van der Waals surface area contributed by atoms with Crippen LogP contribution >= 0.6 is 0 Å². The van der Waals surface area contributed by atoms with Crippen LogP contribution in [0, 0.1) is 17.0 Å². The van der Waals surface area contributed by atoms with Crippen molar-refractivity contribution in [3.05, 3.63) is 35.4 Å². The molecule has 1 aliphatic rings. The summed E-state index contributed by atoms with van der Waals surface area (Å²) in [5.74, 6) is -3.68. The number of amides is 1. The number of hydrogen-bond donors (Lipinski definition) is 2. The predicted octanol–water partition coefficient (Wildman–Crippen LogP) is 2.73. The van der Waals surface area contributed by atoms with Crippen LogP contribution in [0.3, 0.4) is 0 Å². The zero-order valence-corrected chi connectivity index (χ0v) is 11.7. The summed E-state index contributed by atoms with van der Waals surface area (Å²) >= 11 is 0. The van der Waals surface area contributed by atoms with Gasteiger partial charge in [-0.05, 0) is 38.0 Å². The molecule has 2 N–H and O–H groups in total. The number of rotatable bonds is 3. The molecule has 4 nitrogen and oxygen atoms in total. The van der Waals surface area contributed by atoms with E-state index in [1.54, 1.807) is 6.92 Å². The maximum Gasteiger partial charge on any atom is 0.311 e. The fourth-order valence-corrected chi connectivity index (χ4v) is 2.70. The number of halogens is 2. The summed E-state index contributed by atoms with van der Waals surface area (Å²) in [5.41, 5.74) is -1.06. The predicted molar refractivity (Wildman–Crippen MR) is 71.8 cm³/mol. The van der Waals surface area contributed by atoms with Gasteiger partial charge in [-0.2, -0.15) is 0 Å². The van der Waals surface area contributed by atoms with Crippen molar-refractivity contribution >= 4 is 11.9 Å². The monoisotopic (exact) mass is 297 g/mol. The van der Waals surface area contributed by atoms with Gasteiger partial charge in [0.25, 0.3) is 5.91 Å². The van der Waals surface area contributed by atoms with E-state index in [0.717, 1.165) is 25.0 Å². The molecule has 2 atom stereocenters. The van der Waals surface area contributed by atoms with Crippen LogP contribution in [0.25, 0.3) is 0 Å². The third-order valence-corrected chi connectivity index (χ3v) is 4.18. The highest BCUT2D eigenvalue weighted by Crippen LogP contribution is 2.36. The zero-order chi connectivity index (χ0) is 15.6. The van der Waals surface area contributed by atoms with Gasteiger partial charge < -0.3 is 10.4 Å². The van der Waals surface area contributed by atoms with Crippen molar-refractivity contribution in [2.75, 3.05) is 0 Å². The van der Waals surface area contributed by atoms with E-state index in [9.17, 15) is 23.5 Å². The molecule has 1 saturated carbocycles. The number of aliphatic carboxylic acids is 1. The van der Waals surface area contributed by atoms with Crippen LogP contribution in [0.4, 0.5) is 8.78 Å². The zero-order valence-electron chi connectivity index (χ0n) is 11.7. The van der Waals surface area contributed by atoms with Gasteiger partial charge in [0.2, 0.25) is 0 Å². The van der Waals surface area contributed by atoms with Crippen LogP contribution in [-0.4, -0.2) is 23.0 Å². The van der Waals surface area contributed by atoms with Gasteiger partial charge in [0, 0.05) is 11.6 Å². The fourth-order valence-electron chi connectivity index (χ4n) is 2.70. The Morgan fingerprint density at radius 3 is 2.62 bits per heavy atom. The summed E-state index contributed by atoms with van der Waals surface area (Å²) in [6.45, 7) is 1.60. The minimum absolute atomic E-state index is 0.0211. The molecule has 1 aromatic carbocycles. The Labute approximate surface area is 121 Å². The molecule has 2 unspecified atom stereocenters. The molecule has 1 aromatic rings. The first kappa shape index (κ1) is 15.4. The average Bonchev–Trinajstić information content (AvgIpc) is 2.44. The molecule has 1 fully saturated rings. The Bertz CT molecular complexity index is 576. The maximum absolute atomic E-state index is 13.1. The number of benzene rings is 1. The van der Waals surface area contributed by atoms with E-state index in [1.165, 1.54) is 6.07 Å². The van der Waals surface area contributed by atoms with E-state index < -0.39 is 35.0 Å². The van der Waals surface area contributed by atoms with E-state index in [4.69, 9.17) is 0 Å². The molecule has 0 saturated heterocycles. The van der Waals surface area contributed by atoms with E-state index in [-0.39, 0.29) is 5.56 Å². The van der Waals surface area contributed by atoms with Gasteiger partial charge in [0.1, 0.15) is 0 Å². The number of carboxylic acid groups (broad SMARTS) is 1. The number of carbonyl (C=O) groups excluding carboxylic acids is 1. The molecule has 0 radical (unpaired) electrons. The van der Waals surface area contributed by atoms with Crippen molar-refractivity contribution in [2.45, 2.75) is 38.6 Å². The van der Waals surface area contributed by atoms with Crippen molar-refractivity contribution < 1.29 is 23.5 Å². The van der Waals surface area contributed by atoms with Crippen LogP contribution < -0.4 is 5.32 Å². The third-order valence-electron chi connectivity index (χ3n) is 4.18. The maximum atomic E-state index is 13.1. The lowest BCUT2D eigenvalue weighted by atomic mass is 9.71. The molecule has 0 bridgehead atoms. The van der Waals surface area contributed by atoms with E-state index >= 15 is 0 Å². The van der Waals surface area contributed by atoms with Gasteiger partial charge in [-0.25, -0.2) is 8.78 Å². The number of hydrogen-bond acceptors (Lipinski definition) is 2. The van der Waals surface area contributed by atoms with Crippen molar-refractivity contribution in [2.24, 2.45) is 5.41 Å². The Morgan fingerprint density at radius 1 is 1.29 bits per heavy atom. The summed E-state index contributed by atoms with van der Waals surface area (Å²) < 4.78 is 26.0. The minimum atomic E-state index is -1.10. The largest absolute Gasteiger partial charge is 0.481 e. The molecule has 0 aromatic heterocycles. The lowest BCUT2D eigenvalue weighted by Crippen LogP contribution is -2.52. The molecule has 0 spiro atoms. The quantitative estimate of drug-likeness (QED) is 0.901. The van der Waals surface area contributed by atoms with Gasteiger partial charge in [-0.15, -0.1) is 0 Å². The van der Waals surface area contributed by atoms with Gasteiger partial charge in [-0.1, -0.05) is 12.8 Å². The first-order chi connectivity index (χ1) is 9.84. The lowest BCUT2D eigenvalue weighted by molar-refractivity contribution is -0.151. The lowest BCUT2D eigenvalue weighted by Gasteiger charge is -2.38. The topological polar surface area (TPSA) is 66.4 Å². The Morgan fingerprint density at radius 2 is 2.00 bits per heavy atom. The third kappa shape index (κ3) is 3.04. The second kappa shape index (κ2) is 5.79. The van der Waals surface area contributed by atoms with Crippen molar-refractivity contribution in [3.8, 4) is 0 Å². The Balaban J connectivity index is 2.17. The Hall–Kier alpha value is -1.98. The van der Waals surface area contributed by atoms with Crippen molar-refractivity contribution in [1.29, 1.82) is 0 Å². The molecule has 1 amide bonds. The summed E-state index contributed by atoms with van der Waals surface area (Å²) in [4.78, 5) is 23.5. The summed E-state index contributed by atoms with van der Waals surface area (Å²) in [6, 6.07) is 2.34. The normalized spacial score (nSPS) is 25.4. The number of carboxylic acids is 1. The smallest absolute Gasteiger partial charge is 0.311 e. The first-order valence-electron chi connectivity index (χ1n) is 6.84. The first-order valence-corrected chi connectivity index (χ1v) is 6.84. The molecule has 0 heterocycles. The molecule has 0 aliphatic heterocycles. The molecule has 2 rings (SSSR count). The molecule has 1 aliphatic carbocycles.